The highest BCUT2D eigenvalue weighted by atomic mass is 16.5. The fraction of sp³-hybridized carbons (Fsp3) is 0.706. The lowest BCUT2D eigenvalue weighted by atomic mass is 9.79. The van der Waals surface area contributed by atoms with Crippen LogP contribution < -0.4 is 10.6 Å². The smallest absolute Gasteiger partial charge is 0.407 e. The van der Waals surface area contributed by atoms with Gasteiger partial charge in [-0.3, -0.25) is 9.59 Å². The van der Waals surface area contributed by atoms with Gasteiger partial charge in [-0.15, -0.1) is 0 Å². The predicted octanol–water partition coefficient (Wildman–Crippen LogP) is 4.66. The lowest BCUT2D eigenvalue weighted by molar-refractivity contribution is -0.136. The third-order valence-corrected chi connectivity index (χ3v) is 10.3. The first-order valence-corrected chi connectivity index (χ1v) is 17.4. The molecule has 2 aromatic heterocycles. The first-order chi connectivity index (χ1) is 23.0. The van der Waals surface area contributed by atoms with Crippen LogP contribution in [0.4, 0.5) is 9.59 Å². The van der Waals surface area contributed by atoms with E-state index in [2.05, 4.69) is 20.6 Å². The van der Waals surface area contributed by atoms with E-state index in [0.29, 0.717) is 24.9 Å². The van der Waals surface area contributed by atoms with E-state index in [1.807, 2.05) is 49.9 Å². The molecular weight excluding hydrogens is 616 g/mol. The standard InChI is InChI=1S/C34H52N8O6/c1-19(2)27(39-33(45)47-5)31(43)41-15-7-9-25(41)29-35-17-23(37-29)21-11-13-22(14-12-21)24-18-36-30(38-24)26-10-8-16-42(26)32(44)28(20(3)4)40-34(46)48-6/h17-22,25-28H,7-16H2,1-6H3,(H,35,37)(H,36,38)(H,39,45)(H,40,46). The Balaban J connectivity index is 1.19. The molecule has 2 saturated heterocycles. The minimum atomic E-state index is -0.663. The van der Waals surface area contributed by atoms with Gasteiger partial charge in [-0.1, -0.05) is 27.7 Å². The molecule has 4 N–H and O–H groups in total. The number of nitrogens with one attached hydrogen (secondary N) is 4. The van der Waals surface area contributed by atoms with Crippen molar-refractivity contribution in [2.24, 2.45) is 11.8 Å². The summed E-state index contributed by atoms with van der Waals surface area (Å²) in [6.45, 7) is 8.89. The molecule has 4 atom stereocenters. The first kappa shape index (κ1) is 35.2. The molecule has 0 spiro atoms. The van der Waals surface area contributed by atoms with E-state index in [9.17, 15) is 19.2 Å². The van der Waals surface area contributed by atoms with Gasteiger partial charge >= 0.3 is 12.2 Å². The Hall–Kier alpha value is -4.10. The molecule has 48 heavy (non-hydrogen) atoms. The van der Waals surface area contributed by atoms with Gasteiger partial charge in [-0.25, -0.2) is 19.6 Å². The fourth-order valence-electron chi connectivity index (χ4n) is 7.56. The summed E-state index contributed by atoms with van der Waals surface area (Å²) in [5.41, 5.74) is 2.20. The minimum absolute atomic E-state index is 0.0849. The highest BCUT2D eigenvalue weighted by Crippen LogP contribution is 2.41. The molecule has 4 unspecified atom stereocenters. The zero-order valence-electron chi connectivity index (χ0n) is 29.1. The summed E-state index contributed by atoms with van der Waals surface area (Å²) in [6.07, 6.45) is 10.0. The Labute approximate surface area is 282 Å². The van der Waals surface area contributed by atoms with Crippen molar-refractivity contribution < 1.29 is 28.7 Å². The number of H-pyrrole nitrogens is 2. The van der Waals surface area contributed by atoms with Crippen LogP contribution in [-0.2, 0) is 19.1 Å². The van der Waals surface area contributed by atoms with Gasteiger partial charge in [-0.05, 0) is 63.2 Å². The number of hydrogen-bond donors (Lipinski definition) is 4. The van der Waals surface area contributed by atoms with Crippen molar-refractivity contribution in [3.8, 4) is 0 Å². The highest BCUT2D eigenvalue weighted by Gasteiger charge is 2.39. The summed E-state index contributed by atoms with van der Waals surface area (Å²) in [7, 11) is 2.59. The summed E-state index contributed by atoms with van der Waals surface area (Å²) in [5, 5.41) is 5.41. The van der Waals surface area contributed by atoms with Gasteiger partial charge in [0.05, 0.1) is 26.3 Å². The molecule has 4 heterocycles. The fourth-order valence-corrected chi connectivity index (χ4v) is 7.56. The Morgan fingerprint density at radius 1 is 0.688 bits per heavy atom. The van der Waals surface area contributed by atoms with E-state index < -0.39 is 24.3 Å². The van der Waals surface area contributed by atoms with Crippen molar-refractivity contribution in [3.05, 3.63) is 35.4 Å². The van der Waals surface area contributed by atoms with Crippen LogP contribution in [0, 0.1) is 11.8 Å². The zero-order valence-corrected chi connectivity index (χ0v) is 29.1. The Bertz CT molecular complexity index is 1320. The van der Waals surface area contributed by atoms with Crippen molar-refractivity contribution in [1.82, 2.24) is 40.4 Å². The number of hydrogen-bond acceptors (Lipinski definition) is 8. The van der Waals surface area contributed by atoms with Gasteiger partial charge in [0.15, 0.2) is 0 Å². The maximum absolute atomic E-state index is 13.5. The van der Waals surface area contributed by atoms with Crippen molar-refractivity contribution in [2.75, 3.05) is 27.3 Å². The highest BCUT2D eigenvalue weighted by molar-refractivity contribution is 5.87. The topological polar surface area (TPSA) is 175 Å². The Kier molecular flexibility index (Phi) is 11.3. The van der Waals surface area contributed by atoms with Crippen LogP contribution in [-0.4, -0.2) is 93.1 Å². The van der Waals surface area contributed by atoms with E-state index in [1.165, 1.54) is 14.2 Å². The van der Waals surface area contributed by atoms with E-state index in [0.717, 1.165) is 74.4 Å². The summed E-state index contributed by atoms with van der Waals surface area (Å²) in [4.78, 5) is 71.1. The molecule has 1 saturated carbocycles. The molecule has 14 nitrogen and oxygen atoms in total. The van der Waals surface area contributed by atoms with Crippen molar-refractivity contribution in [1.29, 1.82) is 0 Å². The van der Waals surface area contributed by atoms with E-state index in [1.54, 1.807) is 0 Å². The molecular formula is C34H52N8O6. The molecule has 3 aliphatic rings. The van der Waals surface area contributed by atoms with Crippen LogP contribution in [0.15, 0.2) is 12.4 Å². The van der Waals surface area contributed by atoms with Crippen molar-refractivity contribution in [3.63, 3.8) is 0 Å². The predicted molar refractivity (Wildman–Crippen MR) is 177 cm³/mol. The molecule has 3 fully saturated rings. The number of alkyl carbamates (subject to hydrolysis) is 2. The maximum atomic E-state index is 13.5. The van der Waals surface area contributed by atoms with Gasteiger partial charge in [0, 0.05) is 48.7 Å². The molecule has 1 aliphatic carbocycles. The monoisotopic (exact) mass is 668 g/mol. The van der Waals surface area contributed by atoms with Crippen LogP contribution in [0.25, 0.3) is 0 Å². The molecule has 0 radical (unpaired) electrons. The number of aromatic nitrogens is 4. The van der Waals surface area contributed by atoms with Gasteiger partial charge in [0.2, 0.25) is 11.8 Å². The minimum Gasteiger partial charge on any atom is -0.453 e. The summed E-state index contributed by atoms with van der Waals surface area (Å²) >= 11 is 0. The Morgan fingerprint density at radius 3 is 1.40 bits per heavy atom. The molecule has 264 valence electrons. The van der Waals surface area contributed by atoms with Gasteiger partial charge in [0.1, 0.15) is 23.7 Å². The number of carbonyl (C=O) groups is 4. The molecule has 0 bridgehead atoms. The van der Waals surface area contributed by atoms with Crippen LogP contribution in [0.1, 0.15) is 126 Å². The number of imidazole rings is 2. The van der Waals surface area contributed by atoms with Gasteiger partial charge < -0.3 is 39.9 Å². The lowest BCUT2D eigenvalue weighted by Crippen LogP contribution is -2.51. The molecule has 2 aromatic rings. The second-order valence-corrected chi connectivity index (χ2v) is 14.1. The summed E-state index contributed by atoms with van der Waals surface area (Å²) in [5.74, 6) is 1.89. The number of rotatable bonds is 10. The van der Waals surface area contributed by atoms with E-state index >= 15 is 0 Å². The number of nitrogens with zero attached hydrogens (tertiary/aromatic N) is 4. The van der Waals surface area contributed by atoms with Crippen LogP contribution in [0.2, 0.25) is 0 Å². The number of carbonyl (C=O) groups excluding carboxylic acids is 4. The third-order valence-electron chi connectivity index (χ3n) is 10.3. The van der Waals surface area contributed by atoms with Gasteiger partial charge in [-0.2, -0.15) is 0 Å². The molecule has 4 amide bonds. The third kappa shape index (κ3) is 7.62. The van der Waals surface area contributed by atoms with Crippen molar-refractivity contribution in [2.45, 2.75) is 115 Å². The van der Waals surface area contributed by atoms with Crippen LogP contribution in [0.5, 0.6) is 0 Å². The number of likely N-dealkylation sites (tertiary alicyclic amines) is 2. The molecule has 5 rings (SSSR count). The largest absolute Gasteiger partial charge is 0.453 e. The average Bonchev–Trinajstić information content (AvgIpc) is 3.90. The van der Waals surface area contributed by atoms with Crippen molar-refractivity contribution >= 4 is 24.0 Å². The number of ether oxygens (including phenoxy) is 2. The molecule has 2 aliphatic heterocycles. The van der Waals surface area contributed by atoms with Crippen LogP contribution >= 0.6 is 0 Å². The van der Waals surface area contributed by atoms with E-state index in [-0.39, 0.29) is 35.7 Å². The number of aromatic amines is 2. The molecule has 0 aromatic carbocycles. The summed E-state index contributed by atoms with van der Waals surface area (Å²) in [6, 6.07) is -1.63. The van der Waals surface area contributed by atoms with Gasteiger partial charge in [0.25, 0.3) is 0 Å². The molecule has 14 heteroatoms. The number of amides is 4. The maximum Gasteiger partial charge on any atom is 0.407 e. The Morgan fingerprint density at radius 2 is 1.06 bits per heavy atom. The quantitative estimate of drug-likeness (QED) is 0.283. The SMILES string of the molecule is COC(=O)NC(C(=O)N1CCCC1c1ncc(C2CCC(c3cnc(C4CCCN4C(=O)C(NC(=O)OC)C(C)C)[nH]3)CC2)[nH]1)C(C)C. The first-order valence-electron chi connectivity index (χ1n) is 17.4. The lowest BCUT2D eigenvalue weighted by Gasteiger charge is -2.30. The second kappa shape index (κ2) is 15.4. The average molecular weight is 669 g/mol. The second-order valence-electron chi connectivity index (χ2n) is 14.1. The van der Waals surface area contributed by atoms with Crippen LogP contribution in [0.3, 0.4) is 0 Å². The number of methoxy groups -OCH3 is 2. The van der Waals surface area contributed by atoms with E-state index in [4.69, 9.17) is 19.4 Å². The summed E-state index contributed by atoms with van der Waals surface area (Å²) < 4.78 is 9.51. The normalized spacial score (nSPS) is 24.1. The zero-order chi connectivity index (χ0) is 34.5.